The molecule has 3 rings (SSSR count). The Hall–Kier alpha value is -3.91. The van der Waals surface area contributed by atoms with E-state index in [1.807, 2.05) is 30.3 Å². The monoisotopic (exact) mass is 452 g/mol. The van der Waals surface area contributed by atoms with Crippen LogP contribution in [0.25, 0.3) is 0 Å². The molecule has 0 radical (unpaired) electrons. The summed E-state index contributed by atoms with van der Waals surface area (Å²) < 4.78 is 11.6. The summed E-state index contributed by atoms with van der Waals surface area (Å²) in [6, 6.07) is 14.0. The summed E-state index contributed by atoms with van der Waals surface area (Å²) in [6.45, 7) is 4.18. The van der Waals surface area contributed by atoms with Gasteiger partial charge in [-0.05, 0) is 47.9 Å². The number of halogens is 1. The lowest BCUT2D eigenvalue weighted by molar-refractivity contribution is -0.385. The summed E-state index contributed by atoms with van der Waals surface area (Å²) in [6.07, 6.45) is 5.12. The quantitative estimate of drug-likeness (QED) is 0.191. The lowest BCUT2D eigenvalue weighted by Gasteiger charge is -2.16. The van der Waals surface area contributed by atoms with Crippen molar-refractivity contribution in [1.82, 2.24) is 4.98 Å². The number of rotatable bonds is 10. The maximum Gasteiger partial charge on any atom is 0.287 e. The fourth-order valence-electron chi connectivity index (χ4n) is 2.85. The van der Waals surface area contributed by atoms with Crippen LogP contribution in [-0.4, -0.2) is 23.2 Å². The molecule has 3 aromatic rings. The molecular formula is C23H21ClN4O4. The SMILES string of the molecule is C=CCc1cc(/C=N/Nc2ccc([N+](=O)[O-])cn2)cc(OC)c1OCc1ccc(Cl)cc1. The van der Waals surface area contributed by atoms with Gasteiger partial charge in [-0.1, -0.05) is 29.8 Å². The summed E-state index contributed by atoms with van der Waals surface area (Å²) >= 11 is 5.94. The third-order valence-electron chi connectivity index (χ3n) is 4.39. The zero-order valence-corrected chi connectivity index (χ0v) is 18.1. The van der Waals surface area contributed by atoms with Crippen molar-refractivity contribution in [2.24, 2.45) is 5.10 Å². The van der Waals surface area contributed by atoms with Gasteiger partial charge in [0.15, 0.2) is 11.5 Å². The van der Waals surface area contributed by atoms with Crippen LogP contribution >= 0.6 is 11.6 Å². The Morgan fingerprint density at radius 1 is 1.25 bits per heavy atom. The molecule has 0 saturated heterocycles. The normalized spacial score (nSPS) is 10.7. The standard InChI is InChI=1S/C23H21ClN4O4/c1-3-4-18-11-17(13-26-27-22-10-9-20(14-25-22)28(29)30)12-21(31-2)23(18)32-15-16-5-7-19(24)8-6-16/h3,5-14H,1,4,15H2,2H3,(H,25,27)/b26-13+. The molecule has 0 bridgehead atoms. The summed E-state index contributed by atoms with van der Waals surface area (Å²) in [5, 5.41) is 15.5. The van der Waals surface area contributed by atoms with Crippen LogP contribution in [0.4, 0.5) is 11.5 Å². The molecule has 0 aliphatic heterocycles. The number of nitro groups is 1. The van der Waals surface area contributed by atoms with E-state index in [0.717, 1.165) is 22.9 Å². The highest BCUT2D eigenvalue weighted by Gasteiger charge is 2.13. The summed E-state index contributed by atoms with van der Waals surface area (Å²) in [5.74, 6) is 1.57. The molecule has 2 aromatic carbocycles. The summed E-state index contributed by atoms with van der Waals surface area (Å²) in [7, 11) is 1.57. The van der Waals surface area contributed by atoms with Gasteiger partial charge >= 0.3 is 0 Å². The van der Waals surface area contributed by atoms with Gasteiger partial charge in [0.1, 0.15) is 18.6 Å². The van der Waals surface area contributed by atoms with Crippen molar-refractivity contribution in [1.29, 1.82) is 0 Å². The topological polar surface area (TPSA) is 98.9 Å². The van der Waals surface area contributed by atoms with E-state index in [4.69, 9.17) is 21.1 Å². The van der Waals surface area contributed by atoms with Crippen LogP contribution in [0.15, 0.2) is 72.5 Å². The van der Waals surface area contributed by atoms with E-state index in [-0.39, 0.29) is 5.69 Å². The molecule has 32 heavy (non-hydrogen) atoms. The van der Waals surface area contributed by atoms with Crippen molar-refractivity contribution < 1.29 is 14.4 Å². The lowest BCUT2D eigenvalue weighted by atomic mass is 10.1. The average molecular weight is 453 g/mol. The predicted molar refractivity (Wildman–Crippen MR) is 125 cm³/mol. The molecule has 8 nitrogen and oxygen atoms in total. The minimum Gasteiger partial charge on any atom is -0.493 e. The van der Waals surface area contributed by atoms with Gasteiger partial charge in [-0.25, -0.2) is 4.98 Å². The summed E-state index contributed by atoms with van der Waals surface area (Å²) in [4.78, 5) is 14.1. The van der Waals surface area contributed by atoms with Crippen LogP contribution in [0.2, 0.25) is 5.02 Å². The number of nitrogens with one attached hydrogen (secondary N) is 1. The van der Waals surface area contributed by atoms with Gasteiger partial charge in [0, 0.05) is 16.7 Å². The fourth-order valence-corrected chi connectivity index (χ4v) is 2.98. The smallest absolute Gasteiger partial charge is 0.287 e. The molecule has 0 aliphatic rings. The van der Waals surface area contributed by atoms with E-state index in [1.54, 1.807) is 25.5 Å². The second-order valence-electron chi connectivity index (χ2n) is 6.65. The molecule has 0 aliphatic carbocycles. The van der Waals surface area contributed by atoms with Crippen LogP contribution in [0.1, 0.15) is 16.7 Å². The molecule has 0 unspecified atom stereocenters. The molecule has 1 N–H and O–H groups in total. The van der Waals surface area contributed by atoms with Crippen molar-refractivity contribution in [3.05, 3.63) is 99.2 Å². The zero-order chi connectivity index (χ0) is 22.9. The van der Waals surface area contributed by atoms with Gasteiger partial charge in [0.05, 0.1) is 18.2 Å². The molecular weight excluding hydrogens is 432 g/mol. The number of nitrogens with zero attached hydrogens (tertiary/aromatic N) is 3. The van der Waals surface area contributed by atoms with E-state index in [0.29, 0.717) is 35.4 Å². The van der Waals surface area contributed by atoms with Gasteiger partial charge in [-0.15, -0.1) is 6.58 Å². The van der Waals surface area contributed by atoms with Gasteiger partial charge in [0.2, 0.25) is 0 Å². The third-order valence-corrected chi connectivity index (χ3v) is 4.64. The van der Waals surface area contributed by atoms with E-state index in [2.05, 4.69) is 22.1 Å². The Kier molecular flexibility index (Phi) is 7.77. The number of aromatic nitrogens is 1. The van der Waals surface area contributed by atoms with Crippen LogP contribution in [0.5, 0.6) is 11.5 Å². The fraction of sp³-hybridized carbons (Fsp3) is 0.130. The second-order valence-corrected chi connectivity index (χ2v) is 7.08. The third kappa shape index (κ3) is 6.05. The molecule has 0 fully saturated rings. The molecule has 0 atom stereocenters. The van der Waals surface area contributed by atoms with E-state index in [9.17, 15) is 10.1 Å². The predicted octanol–water partition coefficient (Wildman–Crippen LogP) is 5.41. The van der Waals surface area contributed by atoms with E-state index < -0.39 is 4.92 Å². The first kappa shape index (κ1) is 22.8. The number of hydrogen-bond acceptors (Lipinski definition) is 7. The Morgan fingerprint density at radius 2 is 2.03 bits per heavy atom. The highest BCUT2D eigenvalue weighted by molar-refractivity contribution is 6.30. The minimum atomic E-state index is -0.510. The van der Waals surface area contributed by atoms with E-state index in [1.165, 1.54) is 12.1 Å². The van der Waals surface area contributed by atoms with Gasteiger partial charge in [0.25, 0.3) is 5.69 Å². The van der Waals surface area contributed by atoms with Gasteiger partial charge < -0.3 is 9.47 Å². The molecule has 0 spiro atoms. The molecule has 0 amide bonds. The number of allylic oxidation sites excluding steroid dienone is 1. The van der Waals surface area contributed by atoms with Crippen molar-refractivity contribution in [2.75, 3.05) is 12.5 Å². The van der Waals surface area contributed by atoms with Crippen LogP contribution < -0.4 is 14.9 Å². The Balaban J connectivity index is 1.77. The maximum atomic E-state index is 10.7. The first-order valence-electron chi connectivity index (χ1n) is 9.58. The number of ether oxygens (including phenoxy) is 2. The average Bonchev–Trinajstić information content (AvgIpc) is 2.79. The van der Waals surface area contributed by atoms with Gasteiger partial charge in [-0.2, -0.15) is 5.10 Å². The highest BCUT2D eigenvalue weighted by atomic mass is 35.5. The molecule has 9 heteroatoms. The largest absolute Gasteiger partial charge is 0.493 e. The van der Waals surface area contributed by atoms with Crippen LogP contribution in [0.3, 0.4) is 0 Å². The number of methoxy groups -OCH3 is 1. The van der Waals surface area contributed by atoms with Crippen molar-refractivity contribution in [2.45, 2.75) is 13.0 Å². The second kappa shape index (κ2) is 10.9. The first-order valence-corrected chi connectivity index (χ1v) is 9.96. The number of pyridine rings is 1. The number of hydrazone groups is 1. The Labute approximate surface area is 190 Å². The van der Waals surface area contributed by atoms with Crippen LogP contribution in [0, 0.1) is 10.1 Å². The molecule has 1 aromatic heterocycles. The number of benzene rings is 2. The number of anilines is 1. The highest BCUT2D eigenvalue weighted by Crippen LogP contribution is 2.34. The molecule has 164 valence electrons. The Bertz CT molecular complexity index is 1120. The van der Waals surface area contributed by atoms with Crippen molar-refractivity contribution in [3.63, 3.8) is 0 Å². The van der Waals surface area contributed by atoms with E-state index >= 15 is 0 Å². The van der Waals surface area contributed by atoms with Crippen molar-refractivity contribution in [3.8, 4) is 11.5 Å². The minimum absolute atomic E-state index is 0.0903. The lowest BCUT2D eigenvalue weighted by Crippen LogP contribution is -2.02. The summed E-state index contributed by atoms with van der Waals surface area (Å²) in [5.41, 5.74) is 5.30. The zero-order valence-electron chi connectivity index (χ0n) is 17.3. The van der Waals surface area contributed by atoms with Crippen molar-refractivity contribution >= 4 is 29.3 Å². The first-order chi connectivity index (χ1) is 15.5. The maximum absolute atomic E-state index is 10.7. The Morgan fingerprint density at radius 3 is 2.66 bits per heavy atom. The van der Waals surface area contributed by atoms with Crippen LogP contribution in [-0.2, 0) is 13.0 Å². The molecule has 1 heterocycles. The molecule has 0 saturated carbocycles. The number of hydrogen-bond donors (Lipinski definition) is 1. The van der Waals surface area contributed by atoms with Gasteiger partial charge in [-0.3, -0.25) is 15.5 Å².